The Bertz CT molecular complexity index is 419. The predicted octanol–water partition coefficient (Wildman–Crippen LogP) is 3.53. The summed E-state index contributed by atoms with van der Waals surface area (Å²) in [6, 6.07) is 8.26. The summed E-state index contributed by atoms with van der Waals surface area (Å²) < 4.78 is 0. The summed E-state index contributed by atoms with van der Waals surface area (Å²) in [6.07, 6.45) is 0.490. The van der Waals surface area contributed by atoms with Crippen LogP contribution >= 0.6 is 0 Å². The number of nitrogens with one attached hydrogen (secondary N) is 2. The van der Waals surface area contributed by atoms with Gasteiger partial charge in [0.25, 0.3) is 0 Å². The van der Waals surface area contributed by atoms with E-state index in [1.54, 1.807) is 0 Å². The zero-order valence-electron chi connectivity index (χ0n) is 12.7. The highest BCUT2D eigenvalue weighted by Gasteiger charge is 2.13. The topological polar surface area (TPSA) is 41.1 Å². The number of carbonyl (C=O) groups excluding carboxylic acids is 1. The van der Waals surface area contributed by atoms with Crippen molar-refractivity contribution in [2.75, 3.05) is 11.9 Å². The van der Waals surface area contributed by atoms with Crippen molar-refractivity contribution in [3.05, 3.63) is 29.8 Å². The Kier molecular flexibility index (Phi) is 5.40. The minimum absolute atomic E-state index is 0.0852. The zero-order valence-corrected chi connectivity index (χ0v) is 12.7. The molecule has 1 aromatic rings. The number of hydrogen-bond acceptors (Lipinski definition) is 2. The van der Waals surface area contributed by atoms with Crippen LogP contribution in [0, 0.1) is 0 Å². The Hall–Kier alpha value is -1.51. The van der Waals surface area contributed by atoms with Gasteiger partial charge in [-0.25, -0.2) is 0 Å². The van der Waals surface area contributed by atoms with E-state index in [9.17, 15) is 4.79 Å². The van der Waals surface area contributed by atoms with Crippen molar-refractivity contribution in [2.24, 2.45) is 0 Å². The van der Waals surface area contributed by atoms with E-state index in [0.29, 0.717) is 18.9 Å². The molecule has 0 saturated heterocycles. The van der Waals surface area contributed by atoms with E-state index in [2.05, 4.69) is 36.6 Å². The number of rotatable bonds is 5. The molecule has 0 spiro atoms. The summed E-state index contributed by atoms with van der Waals surface area (Å²) >= 11 is 0. The van der Waals surface area contributed by atoms with E-state index in [1.807, 2.05) is 32.9 Å². The number of carbonyl (C=O) groups is 1. The average molecular weight is 262 g/mol. The lowest BCUT2D eigenvalue weighted by molar-refractivity contribution is -0.122. The van der Waals surface area contributed by atoms with E-state index in [-0.39, 0.29) is 11.4 Å². The predicted molar refractivity (Wildman–Crippen MR) is 81.5 cm³/mol. The Morgan fingerprint density at radius 2 is 1.84 bits per heavy atom. The van der Waals surface area contributed by atoms with Crippen LogP contribution in [-0.4, -0.2) is 18.0 Å². The first-order chi connectivity index (χ1) is 8.79. The molecule has 0 unspecified atom stereocenters. The summed E-state index contributed by atoms with van der Waals surface area (Å²) in [7, 11) is 0. The second kappa shape index (κ2) is 6.60. The van der Waals surface area contributed by atoms with Gasteiger partial charge in [0.1, 0.15) is 0 Å². The summed E-state index contributed by atoms with van der Waals surface area (Å²) in [4.78, 5) is 11.7. The lowest BCUT2D eigenvalue weighted by Crippen LogP contribution is -2.41. The van der Waals surface area contributed by atoms with Crippen molar-refractivity contribution in [3.63, 3.8) is 0 Å². The van der Waals surface area contributed by atoms with Gasteiger partial charge in [-0.2, -0.15) is 0 Å². The maximum atomic E-state index is 11.7. The number of benzene rings is 1. The van der Waals surface area contributed by atoms with Crippen LogP contribution in [0.15, 0.2) is 24.3 Å². The van der Waals surface area contributed by atoms with E-state index < -0.39 is 0 Å². The number of amides is 1. The molecule has 0 saturated carbocycles. The molecule has 3 nitrogen and oxygen atoms in total. The van der Waals surface area contributed by atoms with E-state index in [0.717, 1.165) is 5.69 Å². The van der Waals surface area contributed by atoms with Gasteiger partial charge in [-0.05, 0) is 38.3 Å². The van der Waals surface area contributed by atoms with Crippen LogP contribution in [0.1, 0.15) is 52.5 Å². The summed E-state index contributed by atoms with van der Waals surface area (Å²) in [5.41, 5.74) is 2.26. The molecular formula is C16H26N2O. The van der Waals surface area contributed by atoms with Gasteiger partial charge < -0.3 is 10.6 Å². The molecule has 0 heterocycles. The van der Waals surface area contributed by atoms with E-state index in [1.165, 1.54) is 5.56 Å². The Labute approximate surface area is 116 Å². The fourth-order valence-electron chi connectivity index (χ4n) is 1.95. The summed E-state index contributed by atoms with van der Waals surface area (Å²) in [6.45, 7) is 11.0. The molecule has 2 N–H and O–H groups in total. The standard InChI is InChI=1S/C16H26N2O/c1-12(2)13-8-6-7-9-14(13)17-11-10-15(19)18-16(3,4)5/h6-9,12,17H,10-11H2,1-5H3,(H,18,19). The highest BCUT2D eigenvalue weighted by Crippen LogP contribution is 2.23. The molecule has 0 bridgehead atoms. The molecule has 0 aromatic heterocycles. The monoisotopic (exact) mass is 262 g/mol. The SMILES string of the molecule is CC(C)c1ccccc1NCCC(=O)NC(C)(C)C. The fraction of sp³-hybridized carbons (Fsp3) is 0.562. The molecule has 0 aliphatic heterocycles. The third-order valence-electron chi connectivity index (χ3n) is 2.76. The van der Waals surface area contributed by atoms with Crippen molar-refractivity contribution >= 4 is 11.6 Å². The zero-order chi connectivity index (χ0) is 14.5. The Morgan fingerprint density at radius 1 is 1.21 bits per heavy atom. The van der Waals surface area contributed by atoms with Crippen molar-refractivity contribution < 1.29 is 4.79 Å². The molecule has 0 fully saturated rings. The number of hydrogen-bond donors (Lipinski definition) is 2. The second-order valence-electron chi connectivity index (χ2n) is 6.22. The third-order valence-corrected chi connectivity index (χ3v) is 2.76. The van der Waals surface area contributed by atoms with Gasteiger partial charge >= 0.3 is 0 Å². The first-order valence-electron chi connectivity index (χ1n) is 6.93. The average Bonchev–Trinajstić information content (AvgIpc) is 2.27. The summed E-state index contributed by atoms with van der Waals surface area (Å²) in [5.74, 6) is 0.564. The van der Waals surface area contributed by atoms with Crippen LogP contribution in [0.5, 0.6) is 0 Å². The van der Waals surface area contributed by atoms with Gasteiger partial charge in [0.05, 0.1) is 0 Å². The van der Waals surface area contributed by atoms with Crippen LogP contribution in [0.25, 0.3) is 0 Å². The quantitative estimate of drug-likeness (QED) is 0.852. The van der Waals surface area contributed by atoms with Gasteiger partial charge in [0, 0.05) is 24.2 Å². The van der Waals surface area contributed by atoms with Gasteiger partial charge in [0.2, 0.25) is 5.91 Å². The van der Waals surface area contributed by atoms with Crippen LogP contribution in [0.4, 0.5) is 5.69 Å². The lowest BCUT2D eigenvalue weighted by Gasteiger charge is -2.21. The Morgan fingerprint density at radius 3 is 2.42 bits per heavy atom. The smallest absolute Gasteiger partial charge is 0.222 e. The molecule has 0 atom stereocenters. The van der Waals surface area contributed by atoms with E-state index in [4.69, 9.17) is 0 Å². The van der Waals surface area contributed by atoms with Crippen LogP contribution < -0.4 is 10.6 Å². The minimum atomic E-state index is -0.160. The highest BCUT2D eigenvalue weighted by molar-refractivity contribution is 5.77. The first kappa shape index (κ1) is 15.5. The van der Waals surface area contributed by atoms with E-state index >= 15 is 0 Å². The van der Waals surface area contributed by atoms with Crippen molar-refractivity contribution in [1.82, 2.24) is 5.32 Å². The molecule has 1 rings (SSSR count). The molecule has 0 aliphatic rings. The minimum Gasteiger partial charge on any atom is -0.384 e. The number of anilines is 1. The van der Waals surface area contributed by atoms with Gasteiger partial charge in [-0.3, -0.25) is 4.79 Å². The summed E-state index contributed by atoms with van der Waals surface area (Å²) in [5, 5.41) is 6.31. The molecule has 1 aromatic carbocycles. The largest absolute Gasteiger partial charge is 0.384 e. The van der Waals surface area contributed by atoms with Gasteiger partial charge in [-0.15, -0.1) is 0 Å². The maximum Gasteiger partial charge on any atom is 0.222 e. The van der Waals surface area contributed by atoms with Crippen molar-refractivity contribution in [3.8, 4) is 0 Å². The number of para-hydroxylation sites is 1. The fourth-order valence-corrected chi connectivity index (χ4v) is 1.95. The van der Waals surface area contributed by atoms with Crippen LogP contribution in [0.2, 0.25) is 0 Å². The Balaban J connectivity index is 2.48. The molecule has 106 valence electrons. The second-order valence-corrected chi connectivity index (χ2v) is 6.22. The molecular weight excluding hydrogens is 236 g/mol. The third kappa shape index (κ3) is 5.77. The molecule has 3 heteroatoms. The molecule has 1 amide bonds. The molecule has 0 radical (unpaired) electrons. The normalized spacial score (nSPS) is 11.5. The first-order valence-corrected chi connectivity index (χ1v) is 6.93. The highest BCUT2D eigenvalue weighted by atomic mass is 16.1. The van der Waals surface area contributed by atoms with Gasteiger partial charge in [0.15, 0.2) is 0 Å². The van der Waals surface area contributed by atoms with Crippen molar-refractivity contribution in [2.45, 2.75) is 52.5 Å². The van der Waals surface area contributed by atoms with Crippen LogP contribution in [-0.2, 0) is 4.79 Å². The lowest BCUT2D eigenvalue weighted by atomic mass is 10.0. The molecule has 0 aliphatic carbocycles. The molecule has 19 heavy (non-hydrogen) atoms. The van der Waals surface area contributed by atoms with Crippen LogP contribution in [0.3, 0.4) is 0 Å². The maximum absolute atomic E-state index is 11.7. The van der Waals surface area contributed by atoms with Gasteiger partial charge in [-0.1, -0.05) is 32.0 Å². The van der Waals surface area contributed by atoms with Crippen molar-refractivity contribution in [1.29, 1.82) is 0 Å².